The Balaban J connectivity index is 2.93. The van der Waals surface area contributed by atoms with Gasteiger partial charge in [0.2, 0.25) is 0 Å². The van der Waals surface area contributed by atoms with Gasteiger partial charge in [0, 0.05) is 0 Å². The van der Waals surface area contributed by atoms with E-state index in [4.69, 9.17) is 18.4 Å². The van der Waals surface area contributed by atoms with Crippen LogP contribution in [0.1, 0.15) is 54.0 Å². The lowest BCUT2D eigenvalue weighted by Gasteiger charge is -2.27. The molecule has 0 aliphatic rings. The molecule has 0 saturated carbocycles. The minimum Gasteiger partial charge on any atom is -0.466 e. The lowest BCUT2D eigenvalue weighted by atomic mass is 9.95. The van der Waals surface area contributed by atoms with Crippen LogP contribution in [0.3, 0.4) is 0 Å². The SMILES string of the molecule is CCOC(=O)C(C)(C)COS(=O)(=O)NC(C)C(NC(=O)OC(C)(C)C)C(=O)OCc1ccccc1. The van der Waals surface area contributed by atoms with Crippen molar-refractivity contribution in [1.82, 2.24) is 10.0 Å². The number of hydrogen-bond acceptors (Lipinski definition) is 9. The molecule has 0 spiro atoms. The molecule has 1 aromatic carbocycles. The average Bonchev–Trinajstić information content (AvgIpc) is 2.74. The van der Waals surface area contributed by atoms with E-state index < -0.39 is 58.0 Å². The summed E-state index contributed by atoms with van der Waals surface area (Å²) in [6.45, 7) is 10.4. The Kier molecular flexibility index (Phi) is 11.1. The van der Waals surface area contributed by atoms with Gasteiger partial charge in [-0.25, -0.2) is 9.59 Å². The topological polar surface area (TPSA) is 146 Å². The van der Waals surface area contributed by atoms with E-state index in [0.717, 1.165) is 0 Å². The van der Waals surface area contributed by atoms with Crippen LogP contribution in [0.25, 0.3) is 0 Å². The summed E-state index contributed by atoms with van der Waals surface area (Å²) in [4.78, 5) is 37.1. The van der Waals surface area contributed by atoms with Gasteiger partial charge in [-0.3, -0.25) is 8.98 Å². The summed E-state index contributed by atoms with van der Waals surface area (Å²) in [7, 11) is -4.44. The summed E-state index contributed by atoms with van der Waals surface area (Å²) < 4.78 is 47.5. The van der Waals surface area contributed by atoms with Crippen LogP contribution in [0.15, 0.2) is 30.3 Å². The number of rotatable bonds is 12. The largest absolute Gasteiger partial charge is 0.466 e. The lowest BCUT2D eigenvalue weighted by molar-refractivity contribution is -0.155. The molecule has 2 atom stereocenters. The van der Waals surface area contributed by atoms with Gasteiger partial charge in [0.15, 0.2) is 0 Å². The molecule has 0 bridgehead atoms. The number of carbonyl (C=O) groups is 3. The Hall–Kier alpha value is -2.70. The lowest BCUT2D eigenvalue weighted by Crippen LogP contribution is -2.55. The zero-order chi connectivity index (χ0) is 26.9. The van der Waals surface area contributed by atoms with Crippen LogP contribution in [-0.4, -0.2) is 57.3 Å². The van der Waals surface area contributed by atoms with Crippen LogP contribution in [-0.2, 0) is 44.9 Å². The van der Waals surface area contributed by atoms with Gasteiger partial charge in [-0.15, -0.1) is 0 Å². The minimum atomic E-state index is -4.44. The molecule has 0 radical (unpaired) electrons. The summed E-state index contributed by atoms with van der Waals surface area (Å²) in [6, 6.07) is 6.20. The zero-order valence-corrected chi connectivity index (χ0v) is 22.1. The van der Waals surface area contributed by atoms with E-state index in [1.54, 1.807) is 58.0 Å². The number of esters is 2. The third-order valence-electron chi connectivity index (χ3n) is 4.38. The van der Waals surface area contributed by atoms with Gasteiger partial charge in [-0.05, 0) is 54.0 Å². The number of amides is 1. The normalized spacial score (nSPS) is 13.9. The predicted molar refractivity (Wildman–Crippen MR) is 127 cm³/mol. The fourth-order valence-corrected chi connectivity index (χ4v) is 3.69. The van der Waals surface area contributed by atoms with Crippen LogP contribution >= 0.6 is 0 Å². The maximum Gasteiger partial charge on any atom is 0.408 e. The van der Waals surface area contributed by atoms with Crippen LogP contribution in [0, 0.1) is 5.41 Å². The van der Waals surface area contributed by atoms with Crippen molar-refractivity contribution in [3.8, 4) is 0 Å². The highest BCUT2D eigenvalue weighted by molar-refractivity contribution is 7.84. The summed E-state index contributed by atoms with van der Waals surface area (Å²) in [5.74, 6) is -1.51. The molecule has 0 aliphatic heterocycles. The van der Waals surface area contributed by atoms with E-state index >= 15 is 0 Å². The summed E-state index contributed by atoms with van der Waals surface area (Å²) in [5.41, 5.74) is -1.39. The van der Waals surface area contributed by atoms with Gasteiger partial charge in [0.05, 0.1) is 24.7 Å². The van der Waals surface area contributed by atoms with Crippen molar-refractivity contribution in [1.29, 1.82) is 0 Å². The highest BCUT2D eigenvalue weighted by Gasteiger charge is 2.35. The molecule has 1 aromatic rings. The minimum absolute atomic E-state index is 0.0874. The molecule has 2 N–H and O–H groups in total. The number of carbonyl (C=O) groups excluding carboxylic acids is 3. The molecule has 198 valence electrons. The molecule has 0 fully saturated rings. The Bertz CT molecular complexity index is 957. The van der Waals surface area contributed by atoms with Crippen LogP contribution < -0.4 is 10.0 Å². The highest BCUT2D eigenvalue weighted by atomic mass is 32.2. The first-order valence-electron chi connectivity index (χ1n) is 11.1. The number of nitrogens with one attached hydrogen (secondary N) is 2. The van der Waals surface area contributed by atoms with Gasteiger partial charge in [0.25, 0.3) is 0 Å². The fraction of sp³-hybridized carbons (Fsp3) is 0.609. The first-order valence-corrected chi connectivity index (χ1v) is 12.5. The van der Waals surface area contributed by atoms with E-state index in [1.807, 2.05) is 0 Å². The number of ether oxygens (including phenoxy) is 3. The van der Waals surface area contributed by atoms with E-state index in [0.29, 0.717) is 5.56 Å². The molecule has 1 amide bonds. The van der Waals surface area contributed by atoms with Crippen LogP contribution in [0.4, 0.5) is 4.79 Å². The van der Waals surface area contributed by atoms with Crippen LogP contribution in [0.5, 0.6) is 0 Å². The molecular weight excluding hydrogens is 480 g/mol. The Labute approximate surface area is 207 Å². The Morgan fingerprint density at radius 1 is 1.00 bits per heavy atom. The van der Waals surface area contributed by atoms with Gasteiger partial charge >= 0.3 is 28.3 Å². The Morgan fingerprint density at radius 3 is 2.14 bits per heavy atom. The monoisotopic (exact) mass is 516 g/mol. The molecule has 0 aliphatic carbocycles. The van der Waals surface area contributed by atoms with Crippen molar-refractivity contribution in [2.24, 2.45) is 5.41 Å². The van der Waals surface area contributed by atoms with Crippen molar-refractivity contribution in [3.05, 3.63) is 35.9 Å². The van der Waals surface area contributed by atoms with E-state index in [9.17, 15) is 22.8 Å². The summed E-state index contributed by atoms with van der Waals surface area (Å²) >= 11 is 0. The zero-order valence-electron chi connectivity index (χ0n) is 21.2. The molecule has 2 unspecified atom stereocenters. The Morgan fingerprint density at radius 2 is 1.60 bits per heavy atom. The van der Waals surface area contributed by atoms with Crippen molar-refractivity contribution >= 4 is 28.3 Å². The van der Waals surface area contributed by atoms with E-state index in [1.165, 1.54) is 20.8 Å². The van der Waals surface area contributed by atoms with E-state index in [-0.39, 0.29) is 13.2 Å². The molecule has 0 heterocycles. The van der Waals surface area contributed by atoms with Gasteiger partial charge < -0.3 is 19.5 Å². The standard InChI is InChI=1S/C23H36N2O9S/c1-8-31-20(27)23(6,7)15-33-35(29,30)25-16(2)18(24-21(28)34-22(3,4)5)19(26)32-14-17-12-10-9-11-13-17/h9-13,16,18,25H,8,14-15H2,1-7H3,(H,24,28). The molecule has 1 rings (SSSR count). The molecule has 12 heteroatoms. The van der Waals surface area contributed by atoms with Crippen LogP contribution in [0.2, 0.25) is 0 Å². The second-order valence-electron chi connectivity index (χ2n) is 9.44. The molecule has 0 saturated heterocycles. The van der Waals surface area contributed by atoms with Crippen molar-refractivity contribution < 1.29 is 41.2 Å². The second-order valence-corrected chi connectivity index (χ2v) is 10.8. The van der Waals surface area contributed by atoms with Crippen molar-refractivity contribution in [3.63, 3.8) is 0 Å². The maximum atomic E-state index is 12.8. The third kappa shape index (κ3) is 11.5. The summed E-state index contributed by atoms with van der Waals surface area (Å²) in [6.07, 6.45) is -0.936. The number of benzene rings is 1. The first kappa shape index (κ1) is 30.3. The molecule has 35 heavy (non-hydrogen) atoms. The highest BCUT2D eigenvalue weighted by Crippen LogP contribution is 2.19. The molecule has 11 nitrogen and oxygen atoms in total. The van der Waals surface area contributed by atoms with Gasteiger partial charge in [-0.1, -0.05) is 30.3 Å². The molecular formula is C23H36N2O9S. The maximum absolute atomic E-state index is 12.8. The third-order valence-corrected chi connectivity index (χ3v) is 5.47. The van der Waals surface area contributed by atoms with Gasteiger partial charge in [0.1, 0.15) is 18.2 Å². The number of hydrogen-bond donors (Lipinski definition) is 2. The van der Waals surface area contributed by atoms with Crippen molar-refractivity contribution in [2.75, 3.05) is 13.2 Å². The predicted octanol–water partition coefficient (Wildman–Crippen LogP) is 2.45. The number of alkyl carbamates (subject to hydrolysis) is 1. The molecule has 0 aromatic heterocycles. The summed E-state index contributed by atoms with van der Waals surface area (Å²) in [5, 5.41) is 2.35. The smallest absolute Gasteiger partial charge is 0.408 e. The fourth-order valence-electron chi connectivity index (χ4n) is 2.58. The quantitative estimate of drug-likeness (QED) is 0.316. The van der Waals surface area contributed by atoms with E-state index in [2.05, 4.69) is 10.0 Å². The average molecular weight is 517 g/mol. The first-order chi connectivity index (χ1) is 16.1. The second kappa shape index (κ2) is 12.8. The van der Waals surface area contributed by atoms with Gasteiger partial charge in [-0.2, -0.15) is 13.1 Å². The van der Waals surface area contributed by atoms with Crippen molar-refractivity contribution in [2.45, 2.75) is 72.8 Å².